The lowest BCUT2D eigenvalue weighted by Gasteiger charge is -2.36. The van der Waals surface area contributed by atoms with E-state index in [2.05, 4.69) is 84.6 Å². The summed E-state index contributed by atoms with van der Waals surface area (Å²) >= 11 is 0. The summed E-state index contributed by atoms with van der Waals surface area (Å²) in [6.45, 7) is 5.29. The summed E-state index contributed by atoms with van der Waals surface area (Å²) in [5.74, 6) is 0.823. The van der Waals surface area contributed by atoms with Gasteiger partial charge in [0.1, 0.15) is 0 Å². The zero-order valence-corrected chi connectivity index (χ0v) is 21.5. The Morgan fingerprint density at radius 3 is 2.64 bits per heavy atom. The summed E-state index contributed by atoms with van der Waals surface area (Å²) in [6, 6.07) is 30.2. The van der Waals surface area contributed by atoms with E-state index in [0.717, 1.165) is 24.2 Å². The highest BCUT2D eigenvalue weighted by atomic mass is 16.5. The Bertz CT molecular complexity index is 1370. The van der Waals surface area contributed by atoms with Crippen molar-refractivity contribution < 1.29 is 9.53 Å². The zero-order chi connectivity index (χ0) is 25.1. The van der Waals surface area contributed by atoms with Gasteiger partial charge in [0.15, 0.2) is 0 Å². The number of benzene rings is 4. The number of ether oxygens (including phenoxy) is 1. The highest BCUT2D eigenvalue weighted by molar-refractivity contribution is 5.92. The van der Waals surface area contributed by atoms with E-state index in [4.69, 9.17) is 4.74 Å². The minimum Gasteiger partial charge on any atom is -0.465 e. The van der Waals surface area contributed by atoms with Crippen molar-refractivity contribution in [3.63, 3.8) is 0 Å². The molecular weight excluding hydrogens is 442 g/mol. The van der Waals surface area contributed by atoms with Crippen LogP contribution in [0, 0.1) is 12.8 Å². The molecule has 36 heavy (non-hydrogen) atoms. The second-order valence-electron chi connectivity index (χ2n) is 10.2. The number of esters is 1. The largest absolute Gasteiger partial charge is 0.465 e. The Balaban J connectivity index is 1.32. The van der Waals surface area contributed by atoms with E-state index in [1.54, 1.807) is 0 Å². The normalized spacial score (nSPS) is 16.0. The number of carbonyl (C=O) groups excluding carboxylic acids is 1. The van der Waals surface area contributed by atoms with Crippen LogP contribution in [-0.2, 0) is 11.2 Å². The summed E-state index contributed by atoms with van der Waals surface area (Å²) in [7, 11) is 1.44. The van der Waals surface area contributed by atoms with Crippen LogP contribution in [0.4, 0.5) is 11.4 Å². The van der Waals surface area contributed by atoms with Gasteiger partial charge in [0.25, 0.3) is 0 Å². The number of aryl methyl sites for hydroxylation is 1. The van der Waals surface area contributed by atoms with Gasteiger partial charge in [-0.2, -0.15) is 0 Å². The second-order valence-corrected chi connectivity index (χ2v) is 10.2. The van der Waals surface area contributed by atoms with Gasteiger partial charge in [-0.05, 0) is 83.7 Å². The molecule has 0 N–H and O–H groups in total. The van der Waals surface area contributed by atoms with Crippen molar-refractivity contribution in [3.05, 3.63) is 107 Å². The molecule has 1 aliphatic heterocycles. The maximum absolute atomic E-state index is 12.3. The number of para-hydroxylation sites is 1. The first-order valence-corrected chi connectivity index (χ1v) is 13.1. The van der Waals surface area contributed by atoms with Crippen LogP contribution >= 0.6 is 0 Å². The molecule has 0 radical (unpaired) electrons. The zero-order valence-electron chi connectivity index (χ0n) is 21.5. The van der Waals surface area contributed by atoms with Crippen molar-refractivity contribution in [3.8, 4) is 0 Å². The molecule has 0 spiro atoms. The summed E-state index contributed by atoms with van der Waals surface area (Å²) in [5.41, 5.74) is 6.72. The van der Waals surface area contributed by atoms with Crippen molar-refractivity contribution in [1.29, 1.82) is 0 Å². The Labute approximate surface area is 214 Å². The summed E-state index contributed by atoms with van der Waals surface area (Å²) < 4.78 is 5.03. The van der Waals surface area contributed by atoms with E-state index < -0.39 is 0 Å². The summed E-state index contributed by atoms with van der Waals surface area (Å²) in [5, 5.41) is 2.71. The number of hydrogen-bond donors (Lipinski definition) is 0. The molecule has 0 amide bonds. The van der Waals surface area contributed by atoms with Crippen LogP contribution in [0.2, 0.25) is 0 Å². The maximum atomic E-state index is 12.3. The van der Waals surface area contributed by atoms with E-state index in [-0.39, 0.29) is 5.97 Å². The van der Waals surface area contributed by atoms with Crippen LogP contribution in [0.15, 0.2) is 84.9 Å². The maximum Gasteiger partial charge on any atom is 0.338 e. The second kappa shape index (κ2) is 10.6. The molecule has 2 atom stereocenters. The van der Waals surface area contributed by atoms with Crippen molar-refractivity contribution in [2.75, 3.05) is 18.6 Å². The monoisotopic (exact) mass is 477 g/mol. The van der Waals surface area contributed by atoms with Crippen LogP contribution in [0.5, 0.6) is 0 Å². The predicted molar refractivity (Wildman–Crippen MR) is 149 cm³/mol. The predicted octanol–water partition coefficient (Wildman–Crippen LogP) is 8.22. The van der Waals surface area contributed by atoms with Gasteiger partial charge in [-0.15, -0.1) is 0 Å². The van der Waals surface area contributed by atoms with Crippen molar-refractivity contribution >= 4 is 28.1 Å². The third-order valence-electron chi connectivity index (χ3n) is 7.77. The number of carbonyl (C=O) groups is 1. The van der Waals surface area contributed by atoms with Gasteiger partial charge in [-0.25, -0.2) is 4.79 Å². The molecule has 0 saturated heterocycles. The topological polar surface area (TPSA) is 29.5 Å². The van der Waals surface area contributed by atoms with E-state index in [0.29, 0.717) is 17.4 Å². The molecule has 5 rings (SSSR count). The molecule has 1 unspecified atom stereocenters. The van der Waals surface area contributed by atoms with Gasteiger partial charge >= 0.3 is 5.97 Å². The summed E-state index contributed by atoms with van der Waals surface area (Å²) in [6.07, 6.45) is 4.68. The van der Waals surface area contributed by atoms with Gasteiger partial charge in [-0.1, -0.05) is 80.1 Å². The molecule has 0 aliphatic carbocycles. The van der Waals surface area contributed by atoms with E-state index in [9.17, 15) is 4.79 Å². The van der Waals surface area contributed by atoms with Crippen molar-refractivity contribution in [1.82, 2.24) is 0 Å². The lowest BCUT2D eigenvalue weighted by molar-refractivity contribution is 0.0600. The number of rotatable bonds is 7. The van der Waals surface area contributed by atoms with Gasteiger partial charge in [0.05, 0.1) is 12.7 Å². The molecule has 0 fully saturated rings. The van der Waals surface area contributed by atoms with Gasteiger partial charge in [0.2, 0.25) is 0 Å². The van der Waals surface area contributed by atoms with Crippen LogP contribution in [0.3, 0.4) is 0 Å². The van der Waals surface area contributed by atoms with Crippen molar-refractivity contribution in [2.24, 2.45) is 5.92 Å². The smallest absolute Gasteiger partial charge is 0.338 e. The number of methoxy groups -OCH3 is 1. The molecule has 3 heteroatoms. The molecule has 0 bridgehead atoms. The third-order valence-corrected chi connectivity index (χ3v) is 7.77. The quantitative estimate of drug-likeness (QED) is 0.251. The lowest BCUT2D eigenvalue weighted by atomic mass is 9.85. The fraction of sp³-hybridized carbons (Fsp3) is 0.303. The first-order valence-electron chi connectivity index (χ1n) is 13.1. The van der Waals surface area contributed by atoms with E-state index in [1.807, 2.05) is 19.1 Å². The highest BCUT2D eigenvalue weighted by Crippen LogP contribution is 2.38. The molecule has 0 aromatic heterocycles. The number of hydrogen-bond acceptors (Lipinski definition) is 3. The van der Waals surface area contributed by atoms with Crippen LogP contribution in [-0.4, -0.2) is 19.6 Å². The molecule has 1 heterocycles. The highest BCUT2D eigenvalue weighted by Gasteiger charge is 2.26. The number of anilines is 2. The standard InChI is InChI=1S/C33H35NO2/c1-23(29-16-9-14-26-12-4-6-15-30(26)29)10-8-11-25-20-27-13-5-7-17-32(27)34(22-25)28-19-18-24(2)31(21-28)33(35)36-3/h4-7,9,12-19,21,23,25H,8,10-11,20,22H2,1-3H3/t23-,25?/m0/s1. The molecule has 4 aromatic carbocycles. The van der Waals surface area contributed by atoms with E-state index >= 15 is 0 Å². The van der Waals surface area contributed by atoms with Gasteiger partial charge in [0, 0.05) is 17.9 Å². The molecular formula is C33H35NO2. The molecule has 184 valence electrons. The minimum absolute atomic E-state index is 0.279. The average molecular weight is 478 g/mol. The Morgan fingerprint density at radius 2 is 1.78 bits per heavy atom. The fourth-order valence-electron chi connectivity index (χ4n) is 5.77. The Hall–Kier alpha value is -3.59. The first kappa shape index (κ1) is 24.1. The third kappa shape index (κ3) is 4.88. The summed E-state index contributed by atoms with van der Waals surface area (Å²) in [4.78, 5) is 14.7. The Kier molecular flexibility index (Phi) is 7.09. The first-order chi connectivity index (χ1) is 17.5. The van der Waals surface area contributed by atoms with Gasteiger partial charge in [-0.3, -0.25) is 0 Å². The Morgan fingerprint density at radius 1 is 1.00 bits per heavy atom. The van der Waals surface area contributed by atoms with Crippen LogP contribution < -0.4 is 4.90 Å². The SMILES string of the molecule is COC(=O)c1cc(N2CC(CCC[C@H](C)c3cccc4ccccc34)Cc3ccccc32)ccc1C. The molecule has 3 nitrogen and oxygen atoms in total. The number of fused-ring (bicyclic) bond motifs is 2. The fourth-order valence-corrected chi connectivity index (χ4v) is 5.77. The molecule has 0 saturated carbocycles. The van der Waals surface area contributed by atoms with Gasteiger partial charge < -0.3 is 9.64 Å². The van der Waals surface area contributed by atoms with Crippen molar-refractivity contribution in [2.45, 2.75) is 45.4 Å². The minimum atomic E-state index is -0.279. The van der Waals surface area contributed by atoms with E-state index in [1.165, 1.54) is 54.0 Å². The molecule has 1 aliphatic rings. The molecule has 4 aromatic rings. The van der Waals surface area contributed by atoms with Crippen LogP contribution in [0.1, 0.15) is 59.2 Å². The average Bonchev–Trinajstić information content (AvgIpc) is 2.92. The lowest BCUT2D eigenvalue weighted by Crippen LogP contribution is -2.32. The van der Waals surface area contributed by atoms with Crippen LogP contribution in [0.25, 0.3) is 10.8 Å². The number of nitrogens with zero attached hydrogens (tertiary/aromatic N) is 1.